The Bertz CT molecular complexity index is 1330. The Morgan fingerprint density at radius 3 is 2.84 bits per heavy atom. The molecular weight excluding hydrogens is 487 g/mol. The van der Waals surface area contributed by atoms with Crippen molar-refractivity contribution in [1.29, 1.82) is 0 Å². The maximum atomic E-state index is 13.0. The molecule has 1 aliphatic carbocycles. The lowest BCUT2D eigenvalue weighted by atomic mass is 9.90. The minimum atomic E-state index is -4.65. The van der Waals surface area contributed by atoms with Gasteiger partial charge in [0.15, 0.2) is 0 Å². The summed E-state index contributed by atoms with van der Waals surface area (Å²) in [5.74, 6) is 0.133. The molecule has 1 saturated carbocycles. The summed E-state index contributed by atoms with van der Waals surface area (Å²) < 4.78 is 50.4. The summed E-state index contributed by atoms with van der Waals surface area (Å²) in [5.41, 5.74) is 2.61. The van der Waals surface area contributed by atoms with Gasteiger partial charge in [-0.2, -0.15) is 13.2 Å². The molecule has 10 heteroatoms. The Morgan fingerprint density at radius 1 is 1.24 bits per heavy atom. The largest absolute Gasteiger partial charge is 0.475 e. The number of amides is 1. The first-order chi connectivity index (χ1) is 17.7. The van der Waals surface area contributed by atoms with Gasteiger partial charge in [0.25, 0.3) is 5.91 Å². The zero-order chi connectivity index (χ0) is 26.2. The normalized spacial score (nSPS) is 20.7. The predicted octanol–water partition coefficient (Wildman–Crippen LogP) is 4.77. The van der Waals surface area contributed by atoms with Crippen molar-refractivity contribution in [2.45, 2.75) is 31.4 Å². The number of fused-ring (bicyclic) bond motifs is 1. The van der Waals surface area contributed by atoms with Gasteiger partial charge in [0.1, 0.15) is 12.3 Å². The number of hydrogen-bond acceptors (Lipinski definition) is 6. The van der Waals surface area contributed by atoms with Gasteiger partial charge in [0, 0.05) is 35.5 Å². The van der Waals surface area contributed by atoms with Crippen LogP contribution in [0, 0.1) is 12.8 Å². The second-order valence-corrected chi connectivity index (χ2v) is 9.44. The molecule has 0 radical (unpaired) electrons. The smallest absolute Gasteiger partial charge is 0.433 e. The van der Waals surface area contributed by atoms with Gasteiger partial charge < -0.3 is 19.9 Å². The molecule has 7 nitrogen and oxygen atoms in total. The number of aliphatic hydroxyl groups excluding tert-OH is 1. The van der Waals surface area contributed by atoms with E-state index in [1.807, 2.05) is 19.1 Å². The summed E-state index contributed by atoms with van der Waals surface area (Å²) in [6.07, 6.45) is -1.82. The van der Waals surface area contributed by atoms with Gasteiger partial charge in [0.2, 0.25) is 5.88 Å². The van der Waals surface area contributed by atoms with Gasteiger partial charge >= 0.3 is 6.18 Å². The lowest BCUT2D eigenvalue weighted by Gasteiger charge is -2.23. The molecule has 1 aromatic carbocycles. The number of anilines is 1. The van der Waals surface area contributed by atoms with E-state index in [9.17, 15) is 23.1 Å². The number of alkyl halides is 3. The predicted molar refractivity (Wildman–Crippen MR) is 129 cm³/mol. The summed E-state index contributed by atoms with van der Waals surface area (Å²) in [5, 5.41) is 11.9. The van der Waals surface area contributed by atoms with E-state index in [0.717, 1.165) is 47.5 Å². The Labute approximate surface area is 211 Å². The van der Waals surface area contributed by atoms with Crippen LogP contribution in [0.15, 0.2) is 48.7 Å². The molecule has 5 rings (SSSR count). The van der Waals surface area contributed by atoms with Gasteiger partial charge in [-0.3, -0.25) is 9.78 Å². The third kappa shape index (κ3) is 5.17. The highest BCUT2D eigenvalue weighted by Crippen LogP contribution is 2.58. The number of nitrogens with one attached hydrogen (secondary N) is 1. The van der Waals surface area contributed by atoms with Crippen LogP contribution in [0.3, 0.4) is 0 Å². The minimum Gasteiger partial charge on any atom is -0.475 e. The molecule has 2 aliphatic rings. The number of ether oxygens (including phenoxy) is 2. The highest BCUT2D eigenvalue weighted by molar-refractivity contribution is 6.04. The number of pyridine rings is 2. The molecule has 2 atom stereocenters. The van der Waals surface area contributed by atoms with Crippen molar-refractivity contribution in [3.8, 4) is 17.0 Å². The van der Waals surface area contributed by atoms with E-state index in [1.54, 1.807) is 18.2 Å². The van der Waals surface area contributed by atoms with Crippen molar-refractivity contribution in [2.24, 2.45) is 5.92 Å². The fourth-order valence-corrected chi connectivity index (χ4v) is 4.91. The third-order valence-corrected chi connectivity index (χ3v) is 7.02. The second kappa shape index (κ2) is 9.75. The van der Waals surface area contributed by atoms with Crippen LogP contribution < -0.4 is 10.1 Å². The van der Waals surface area contributed by atoms with Gasteiger partial charge in [-0.05, 0) is 72.7 Å². The Morgan fingerprint density at radius 2 is 2.08 bits per heavy atom. The van der Waals surface area contributed by atoms with Crippen LogP contribution in [0.5, 0.6) is 5.88 Å². The highest BCUT2D eigenvalue weighted by atomic mass is 19.4. The summed E-state index contributed by atoms with van der Waals surface area (Å²) >= 11 is 0. The number of carbonyl (C=O) groups is 1. The molecule has 194 valence electrons. The number of aliphatic hydroxyl groups is 1. The number of benzene rings is 1. The highest BCUT2D eigenvalue weighted by Gasteiger charge is 2.57. The maximum Gasteiger partial charge on any atom is 0.433 e. The summed E-state index contributed by atoms with van der Waals surface area (Å²) in [6, 6.07) is 11.1. The van der Waals surface area contributed by atoms with Crippen molar-refractivity contribution in [3.05, 3.63) is 71.2 Å². The molecule has 0 spiro atoms. The van der Waals surface area contributed by atoms with Crippen LogP contribution in [-0.2, 0) is 16.3 Å². The summed E-state index contributed by atoms with van der Waals surface area (Å²) in [7, 11) is 0. The zero-order valence-electron chi connectivity index (χ0n) is 20.1. The first-order valence-corrected chi connectivity index (χ1v) is 12.0. The lowest BCUT2D eigenvalue weighted by molar-refractivity contribution is -0.141. The van der Waals surface area contributed by atoms with E-state index >= 15 is 0 Å². The van der Waals surface area contributed by atoms with Crippen LogP contribution in [-0.4, -0.2) is 47.4 Å². The molecule has 2 aromatic heterocycles. The average molecular weight is 514 g/mol. The van der Waals surface area contributed by atoms with Gasteiger partial charge in [-0.15, -0.1) is 0 Å². The van der Waals surface area contributed by atoms with Crippen molar-refractivity contribution in [1.82, 2.24) is 9.97 Å². The number of aromatic nitrogens is 2. The number of carbonyl (C=O) groups excluding carboxylic acids is 1. The van der Waals surface area contributed by atoms with E-state index in [1.165, 1.54) is 6.07 Å². The average Bonchev–Trinajstić information content (AvgIpc) is 3.64. The number of halogens is 3. The molecule has 1 aliphatic heterocycles. The van der Waals surface area contributed by atoms with Gasteiger partial charge in [-0.25, -0.2) is 4.98 Å². The van der Waals surface area contributed by atoms with Crippen LogP contribution >= 0.6 is 0 Å². The SMILES string of the molecule is Cc1ccc(NC(=O)c2ccnc(C(F)(F)F)c2)cc1-c1cc(OCCO)nc([C@@]23CCOC[C@@H]2C3)c1. The van der Waals surface area contributed by atoms with Crippen molar-refractivity contribution >= 4 is 11.6 Å². The standard InChI is InChI=1S/C27H26F3N3O4/c1-16-2-3-20(32-25(35)17-4-6-31-23(10-17)27(28,29)30)13-21(16)18-11-22(33-24(12-18)37-9-7-34)26-5-8-36-15-19(26)14-26/h2-4,6,10-13,19,34H,5,7-9,14-15H2,1H3,(H,32,35)/t19-,26+/m0/s1. The molecule has 2 N–H and O–H groups in total. The molecule has 3 aromatic rings. The molecule has 0 unspecified atom stereocenters. The summed E-state index contributed by atoms with van der Waals surface area (Å²) in [4.78, 5) is 20.8. The minimum absolute atomic E-state index is 0.0527. The van der Waals surface area contributed by atoms with Crippen LogP contribution in [0.25, 0.3) is 11.1 Å². The second-order valence-electron chi connectivity index (χ2n) is 9.44. The van der Waals surface area contributed by atoms with E-state index in [-0.39, 0.29) is 24.2 Å². The number of rotatable bonds is 7. The van der Waals surface area contributed by atoms with E-state index in [0.29, 0.717) is 30.7 Å². The fraction of sp³-hybridized carbons (Fsp3) is 0.370. The molecule has 1 amide bonds. The van der Waals surface area contributed by atoms with Crippen LogP contribution in [0.1, 0.15) is 40.2 Å². The molecule has 0 bridgehead atoms. The Hall–Kier alpha value is -3.50. The molecule has 3 heterocycles. The quantitative estimate of drug-likeness (QED) is 0.473. The fourth-order valence-electron chi connectivity index (χ4n) is 4.91. The van der Waals surface area contributed by atoms with Crippen molar-refractivity contribution in [3.63, 3.8) is 0 Å². The maximum absolute atomic E-state index is 13.0. The van der Waals surface area contributed by atoms with Gasteiger partial charge in [-0.1, -0.05) is 6.07 Å². The number of aryl methyl sites for hydroxylation is 1. The van der Waals surface area contributed by atoms with Crippen molar-refractivity contribution in [2.75, 3.05) is 31.7 Å². The first kappa shape index (κ1) is 25.2. The molecule has 37 heavy (non-hydrogen) atoms. The van der Waals surface area contributed by atoms with Crippen LogP contribution in [0.2, 0.25) is 0 Å². The Balaban J connectivity index is 1.46. The molecular formula is C27H26F3N3O4. The number of nitrogens with zero attached hydrogens (tertiary/aromatic N) is 2. The Kier molecular flexibility index (Phi) is 6.63. The van der Waals surface area contributed by atoms with E-state index in [4.69, 9.17) is 14.5 Å². The van der Waals surface area contributed by atoms with Crippen LogP contribution in [0.4, 0.5) is 18.9 Å². The van der Waals surface area contributed by atoms with Crippen molar-refractivity contribution < 1.29 is 32.5 Å². The van der Waals surface area contributed by atoms with Gasteiger partial charge in [0.05, 0.1) is 18.9 Å². The monoisotopic (exact) mass is 513 g/mol. The molecule has 1 saturated heterocycles. The topological polar surface area (TPSA) is 93.6 Å². The summed E-state index contributed by atoms with van der Waals surface area (Å²) in [6.45, 7) is 3.26. The lowest BCUT2D eigenvalue weighted by Crippen LogP contribution is -2.23. The third-order valence-electron chi connectivity index (χ3n) is 7.02. The zero-order valence-corrected chi connectivity index (χ0v) is 20.1. The molecule has 2 fully saturated rings. The number of hydrogen-bond donors (Lipinski definition) is 2. The first-order valence-electron chi connectivity index (χ1n) is 12.0. The van der Waals surface area contributed by atoms with E-state index in [2.05, 4.69) is 10.3 Å². The van der Waals surface area contributed by atoms with E-state index < -0.39 is 17.8 Å².